The number of aromatic nitrogens is 2. The first-order valence-electron chi connectivity index (χ1n) is 16.4. The predicted octanol–water partition coefficient (Wildman–Crippen LogP) is 7.32. The van der Waals surface area contributed by atoms with Gasteiger partial charge >= 0.3 is 6.16 Å². The van der Waals surface area contributed by atoms with Crippen LogP contribution in [0.3, 0.4) is 0 Å². The largest absolute Gasteiger partial charge is 0.525 e. The normalized spacial score (nSPS) is 17.2. The lowest BCUT2D eigenvalue weighted by atomic mass is 9.87. The Bertz CT molecular complexity index is 1540. The Kier molecular flexibility index (Phi) is 12.4. The molecule has 0 bridgehead atoms. The zero-order chi connectivity index (χ0) is 33.1. The van der Waals surface area contributed by atoms with Crippen molar-refractivity contribution in [3.05, 3.63) is 95.8 Å². The molecule has 2 atom stereocenters. The maximum absolute atomic E-state index is 11.3. The highest BCUT2D eigenvalue weighted by molar-refractivity contribution is 6.76. The molecule has 0 aliphatic carbocycles. The Labute approximate surface area is 278 Å². The van der Waals surface area contributed by atoms with Gasteiger partial charge in [-0.3, -0.25) is 0 Å². The van der Waals surface area contributed by atoms with E-state index in [0.717, 1.165) is 52.5 Å². The lowest BCUT2D eigenvalue weighted by Gasteiger charge is -2.37. The zero-order valence-electron chi connectivity index (χ0n) is 27.7. The van der Waals surface area contributed by atoms with Crippen LogP contribution in [0.15, 0.2) is 79.1 Å². The molecule has 0 radical (unpaired) electrons. The number of fused-ring (bicyclic) bond motifs is 1. The van der Waals surface area contributed by atoms with Crippen molar-refractivity contribution in [2.45, 2.75) is 70.5 Å². The molecule has 47 heavy (non-hydrogen) atoms. The fraction of sp³-hybridized carbons (Fsp3) is 0.444. The summed E-state index contributed by atoms with van der Waals surface area (Å²) in [5.74, 6) is 0.869. The van der Waals surface area contributed by atoms with Gasteiger partial charge in [-0.05, 0) is 53.4 Å². The van der Waals surface area contributed by atoms with E-state index in [1.54, 1.807) is 0 Å². The molecule has 10 nitrogen and oxygen atoms in total. The minimum atomic E-state index is -1.32. The van der Waals surface area contributed by atoms with Crippen molar-refractivity contribution in [3.8, 4) is 5.75 Å². The quantitative estimate of drug-likeness (QED) is 0.0921. The average molecular weight is 662 g/mol. The van der Waals surface area contributed by atoms with E-state index in [-0.39, 0.29) is 12.0 Å². The predicted molar refractivity (Wildman–Crippen MR) is 183 cm³/mol. The second-order valence-electron chi connectivity index (χ2n) is 13.2. The van der Waals surface area contributed by atoms with Crippen molar-refractivity contribution in [1.82, 2.24) is 14.6 Å². The fourth-order valence-corrected chi connectivity index (χ4v) is 6.35. The fourth-order valence-electron chi connectivity index (χ4n) is 5.60. The first kappa shape index (κ1) is 34.6. The first-order chi connectivity index (χ1) is 22.7. The number of piperidine rings is 1. The number of hydroxylamine groups is 2. The van der Waals surface area contributed by atoms with Crippen molar-refractivity contribution in [2.24, 2.45) is 0 Å². The molecule has 11 heteroatoms. The molecule has 3 aromatic carbocycles. The molecule has 1 fully saturated rings. The van der Waals surface area contributed by atoms with E-state index < -0.39 is 14.2 Å². The van der Waals surface area contributed by atoms with Crippen LogP contribution < -0.4 is 4.74 Å². The Morgan fingerprint density at radius 3 is 2.51 bits per heavy atom. The van der Waals surface area contributed by atoms with Gasteiger partial charge in [0.1, 0.15) is 12.5 Å². The number of nitrogens with zero attached hydrogens (tertiary/aromatic N) is 3. The number of carboxylic acid groups (broad SMARTS) is 1. The molecule has 1 aliphatic rings. The van der Waals surface area contributed by atoms with Crippen LogP contribution in [0.4, 0.5) is 4.79 Å². The van der Waals surface area contributed by atoms with Crippen LogP contribution >= 0.6 is 0 Å². The minimum Gasteiger partial charge on any atom is -0.494 e. The SMILES string of the molecule is C[Si](C)(C)CCOCn1cnc2ccc(COC3CN(OC(=O)O)CCC3c3ccc(OCCCOCc4ccccc4)cc3)cc21. The van der Waals surface area contributed by atoms with E-state index in [0.29, 0.717) is 52.7 Å². The van der Waals surface area contributed by atoms with Crippen molar-refractivity contribution < 1.29 is 33.7 Å². The number of imidazole rings is 1. The molecule has 1 aliphatic heterocycles. The van der Waals surface area contributed by atoms with E-state index in [1.165, 1.54) is 5.06 Å². The lowest BCUT2D eigenvalue weighted by Crippen LogP contribution is -2.44. The number of ether oxygens (including phenoxy) is 4. The molecular formula is C36H47N3O7Si. The third-order valence-corrected chi connectivity index (χ3v) is 9.93. The van der Waals surface area contributed by atoms with Gasteiger partial charge in [0, 0.05) is 33.6 Å². The molecule has 0 amide bonds. The van der Waals surface area contributed by atoms with Gasteiger partial charge in [0.25, 0.3) is 0 Å². The monoisotopic (exact) mass is 661 g/mol. The molecule has 0 saturated carbocycles. The Morgan fingerprint density at radius 2 is 1.74 bits per heavy atom. The maximum Gasteiger partial charge on any atom is 0.525 e. The highest BCUT2D eigenvalue weighted by Gasteiger charge is 2.33. The van der Waals surface area contributed by atoms with Gasteiger partial charge in [0.15, 0.2) is 0 Å². The summed E-state index contributed by atoms with van der Waals surface area (Å²) in [6.07, 6.45) is 1.71. The second kappa shape index (κ2) is 16.9. The van der Waals surface area contributed by atoms with Gasteiger partial charge in [-0.2, -0.15) is 0 Å². The second-order valence-corrected chi connectivity index (χ2v) is 18.8. The minimum absolute atomic E-state index is 0.0677. The molecule has 0 spiro atoms. The molecular weight excluding hydrogens is 614 g/mol. The van der Waals surface area contributed by atoms with Crippen LogP contribution in [0, 0.1) is 0 Å². The summed E-state index contributed by atoms with van der Waals surface area (Å²) >= 11 is 0. The summed E-state index contributed by atoms with van der Waals surface area (Å²) in [4.78, 5) is 20.8. The molecule has 5 rings (SSSR count). The van der Waals surface area contributed by atoms with Crippen LogP contribution in [0.2, 0.25) is 25.7 Å². The van der Waals surface area contributed by atoms with Gasteiger partial charge in [0.05, 0.1) is 56.4 Å². The van der Waals surface area contributed by atoms with E-state index in [1.807, 2.05) is 53.4 Å². The summed E-state index contributed by atoms with van der Waals surface area (Å²) in [5.41, 5.74) is 5.18. The summed E-state index contributed by atoms with van der Waals surface area (Å²) in [6, 6.07) is 25.5. The third kappa shape index (κ3) is 10.9. The number of hydrogen-bond donors (Lipinski definition) is 1. The van der Waals surface area contributed by atoms with Gasteiger partial charge in [-0.15, -0.1) is 5.06 Å². The average Bonchev–Trinajstić information content (AvgIpc) is 3.46. The summed E-state index contributed by atoms with van der Waals surface area (Å²) in [5, 5.41) is 10.7. The van der Waals surface area contributed by atoms with Gasteiger partial charge in [0.2, 0.25) is 0 Å². The number of carbonyl (C=O) groups is 1. The standard InChI is InChI=1S/C36H47N3O7Si/c1-47(2,3)21-20-43-27-38-26-37-33-15-10-29(22-34(33)38)25-45-35-23-39(46-36(40)41)17-16-32(35)30-11-13-31(14-12-30)44-19-7-18-42-24-28-8-5-4-6-9-28/h4-6,8-15,22,26,32,35H,7,16-21,23-25,27H2,1-3H3,(H,40,41). The highest BCUT2D eigenvalue weighted by atomic mass is 28.3. The Balaban J connectivity index is 1.15. The van der Waals surface area contributed by atoms with Crippen molar-refractivity contribution in [2.75, 3.05) is 32.9 Å². The molecule has 1 saturated heterocycles. The van der Waals surface area contributed by atoms with Crippen LogP contribution in [0.25, 0.3) is 11.0 Å². The van der Waals surface area contributed by atoms with Crippen molar-refractivity contribution in [3.63, 3.8) is 0 Å². The molecule has 2 unspecified atom stereocenters. The first-order valence-corrected chi connectivity index (χ1v) is 20.1. The van der Waals surface area contributed by atoms with Gasteiger partial charge in [-0.25, -0.2) is 9.78 Å². The molecule has 252 valence electrons. The smallest absolute Gasteiger partial charge is 0.494 e. The molecule has 2 heterocycles. The summed E-state index contributed by atoms with van der Waals surface area (Å²) in [7, 11) is -1.16. The highest BCUT2D eigenvalue weighted by Crippen LogP contribution is 2.32. The van der Waals surface area contributed by atoms with Crippen LogP contribution in [-0.2, 0) is 39.0 Å². The van der Waals surface area contributed by atoms with E-state index in [2.05, 4.69) is 55.0 Å². The van der Waals surface area contributed by atoms with Crippen LogP contribution in [-0.4, -0.2) is 73.0 Å². The van der Waals surface area contributed by atoms with E-state index in [9.17, 15) is 9.90 Å². The summed E-state index contributed by atoms with van der Waals surface area (Å²) < 4.78 is 26.2. The van der Waals surface area contributed by atoms with Crippen LogP contribution in [0.1, 0.15) is 35.4 Å². The zero-order valence-corrected chi connectivity index (χ0v) is 28.7. The Hall–Kier alpha value is -3.74. The molecule has 1 aromatic heterocycles. The lowest BCUT2D eigenvalue weighted by molar-refractivity contribution is -0.166. The van der Waals surface area contributed by atoms with E-state index >= 15 is 0 Å². The van der Waals surface area contributed by atoms with Crippen LogP contribution in [0.5, 0.6) is 5.75 Å². The number of benzene rings is 3. The number of hydrogen-bond acceptors (Lipinski definition) is 8. The topological polar surface area (TPSA) is 105 Å². The maximum atomic E-state index is 11.3. The van der Waals surface area contributed by atoms with Crippen molar-refractivity contribution in [1.29, 1.82) is 0 Å². The molecule has 1 N–H and O–H groups in total. The number of rotatable bonds is 17. The summed E-state index contributed by atoms with van der Waals surface area (Å²) in [6.45, 7) is 11.2. The third-order valence-electron chi connectivity index (χ3n) is 8.23. The van der Waals surface area contributed by atoms with Gasteiger partial charge in [-0.1, -0.05) is 68.2 Å². The van der Waals surface area contributed by atoms with E-state index in [4.69, 9.17) is 23.8 Å². The Morgan fingerprint density at radius 1 is 0.936 bits per heavy atom. The molecule has 4 aromatic rings. The van der Waals surface area contributed by atoms with Crippen molar-refractivity contribution >= 4 is 25.3 Å². The van der Waals surface area contributed by atoms with Gasteiger partial charge < -0.3 is 33.5 Å².